The number of nitrogens with one attached hydrogen (secondary N) is 1. The third-order valence-electron chi connectivity index (χ3n) is 3.32. The third-order valence-corrected chi connectivity index (χ3v) is 4.05. The minimum Gasteiger partial charge on any atom is -0.375 e. The van der Waals surface area contributed by atoms with Crippen LogP contribution in [0.5, 0.6) is 0 Å². The van der Waals surface area contributed by atoms with E-state index >= 15 is 0 Å². The molecule has 1 N–H and O–H groups in total. The molecule has 0 unspecified atom stereocenters. The Hall–Kier alpha value is -0.540. The SMILES string of the molecule is CCCCCN(C)c1ccc(CNCCC)c(Br)c1. The summed E-state index contributed by atoms with van der Waals surface area (Å²) in [5, 5.41) is 3.44. The van der Waals surface area contributed by atoms with Crippen molar-refractivity contribution in [2.75, 3.05) is 25.0 Å². The molecule has 0 amide bonds. The van der Waals surface area contributed by atoms with E-state index in [0.717, 1.165) is 19.6 Å². The fraction of sp³-hybridized carbons (Fsp3) is 0.625. The summed E-state index contributed by atoms with van der Waals surface area (Å²) in [7, 11) is 2.17. The summed E-state index contributed by atoms with van der Waals surface area (Å²) in [6.45, 7) is 7.58. The first-order valence-electron chi connectivity index (χ1n) is 7.39. The number of nitrogens with zero attached hydrogens (tertiary/aromatic N) is 1. The van der Waals surface area contributed by atoms with Gasteiger partial charge in [-0.2, -0.15) is 0 Å². The van der Waals surface area contributed by atoms with E-state index in [1.54, 1.807) is 0 Å². The fourth-order valence-electron chi connectivity index (χ4n) is 2.04. The zero-order chi connectivity index (χ0) is 14.1. The Kier molecular flexibility index (Phi) is 8.15. The maximum Gasteiger partial charge on any atom is 0.0375 e. The molecule has 0 spiro atoms. The van der Waals surface area contributed by atoms with Gasteiger partial charge >= 0.3 is 0 Å². The first kappa shape index (κ1) is 16.5. The Balaban J connectivity index is 2.54. The maximum atomic E-state index is 3.68. The summed E-state index contributed by atoms with van der Waals surface area (Å²) in [5.41, 5.74) is 2.63. The predicted molar refractivity (Wildman–Crippen MR) is 88.9 cm³/mol. The number of hydrogen-bond donors (Lipinski definition) is 1. The maximum absolute atomic E-state index is 3.68. The van der Waals surface area contributed by atoms with Gasteiger partial charge in [0.25, 0.3) is 0 Å². The molecule has 0 bridgehead atoms. The minimum atomic E-state index is 0.939. The number of anilines is 1. The smallest absolute Gasteiger partial charge is 0.0375 e. The molecule has 19 heavy (non-hydrogen) atoms. The molecule has 0 saturated carbocycles. The lowest BCUT2D eigenvalue weighted by Crippen LogP contribution is -2.19. The van der Waals surface area contributed by atoms with Crippen LogP contribution in [0.15, 0.2) is 22.7 Å². The van der Waals surface area contributed by atoms with Gasteiger partial charge in [-0.25, -0.2) is 0 Å². The van der Waals surface area contributed by atoms with Crippen molar-refractivity contribution in [2.24, 2.45) is 0 Å². The predicted octanol–water partition coefficient (Wildman–Crippen LogP) is 4.58. The van der Waals surface area contributed by atoms with E-state index in [9.17, 15) is 0 Å². The second-order valence-corrected chi connectivity index (χ2v) is 5.94. The van der Waals surface area contributed by atoms with Gasteiger partial charge in [0.2, 0.25) is 0 Å². The van der Waals surface area contributed by atoms with Gasteiger partial charge in [-0.15, -0.1) is 0 Å². The monoisotopic (exact) mass is 326 g/mol. The van der Waals surface area contributed by atoms with Crippen molar-refractivity contribution in [3.8, 4) is 0 Å². The highest BCUT2D eigenvalue weighted by atomic mass is 79.9. The number of rotatable bonds is 9. The van der Waals surface area contributed by atoms with Gasteiger partial charge in [0.05, 0.1) is 0 Å². The van der Waals surface area contributed by atoms with Crippen LogP contribution in [0.2, 0.25) is 0 Å². The largest absolute Gasteiger partial charge is 0.375 e. The average Bonchev–Trinajstić information content (AvgIpc) is 2.41. The molecule has 1 aromatic carbocycles. The van der Waals surface area contributed by atoms with Crippen molar-refractivity contribution in [3.63, 3.8) is 0 Å². The van der Waals surface area contributed by atoms with E-state index < -0.39 is 0 Å². The van der Waals surface area contributed by atoms with Gasteiger partial charge in [-0.3, -0.25) is 0 Å². The van der Waals surface area contributed by atoms with Crippen molar-refractivity contribution < 1.29 is 0 Å². The molecule has 2 nitrogen and oxygen atoms in total. The summed E-state index contributed by atoms with van der Waals surface area (Å²) >= 11 is 3.68. The Labute approximate surface area is 126 Å². The van der Waals surface area contributed by atoms with Gasteiger partial charge in [-0.1, -0.05) is 48.7 Å². The minimum absolute atomic E-state index is 0.939. The normalized spacial score (nSPS) is 10.7. The van der Waals surface area contributed by atoms with Crippen molar-refractivity contribution in [1.82, 2.24) is 5.32 Å². The summed E-state index contributed by atoms with van der Waals surface area (Å²) in [5.74, 6) is 0. The molecule has 1 rings (SSSR count). The first-order chi connectivity index (χ1) is 9.19. The molecule has 0 aromatic heterocycles. The van der Waals surface area contributed by atoms with Crippen LogP contribution >= 0.6 is 15.9 Å². The molecule has 0 heterocycles. The molecule has 108 valence electrons. The Morgan fingerprint density at radius 3 is 2.58 bits per heavy atom. The molecule has 0 saturated heterocycles. The lowest BCUT2D eigenvalue weighted by Gasteiger charge is -2.20. The lowest BCUT2D eigenvalue weighted by atomic mass is 10.2. The fourth-order valence-corrected chi connectivity index (χ4v) is 2.55. The van der Waals surface area contributed by atoms with E-state index in [2.05, 4.69) is 65.2 Å². The van der Waals surface area contributed by atoms with Crippen molar-refractivity contribution in [1.29, 1.82) is 0 Å². The molecule has 0 atom stereocenters. The second kappa shape index (κ2) is 9.38. The van der Waals surface area contributed by atoms with Gasteiger partial charge < -0.3 is 10.2 Å². The van der Waals surface area contributed by atoms with Crippen LogP contribution < -0.4 is 10.2 Å². The third kappa shape index (κ3) is 5.96. The van der Waals surface area contributed by atoms with Crippen molar-refractivity contribution in [2.45, 2.75) is 46.1 Å². The van der Waals surface area contributed by atoms with Crippen LogP contribution in [-0.2, 0) is 6.54 Å². The van der Waals surface area contributed by atoms with Gasteiger partial charge in [0, 0.05) is 30.3 Å². The van der Waals surface area contributed by atoms with Gasteiger partial charge in [0.15, 0.2) is 0 Å². The number of unbranched alkanes of at least 4 members (excludes halogenated alkanes) is 2. The van der Waals surface area contributed by atoms with E-state index in [1.807, 2.05) is 0 Å². The zero-order valence-corrected chi connectivity index (χ0v) is 14.1. The molecule has 3 heteroatoms. The number of halogens is 1. The second-order valence-electron chi connectivity index (χ2n) is 5.08. The van der Waals surface area contributed by atoms with Crippen LogP contribution in [0, 0.1) is 0 Å². The highest BCUT2D eigenvalue weighted by Gasteiger charge is 2.05. The van der Waals surface area contributed by atoms with Crippen LogP contribution in [0.1, 0.15) is 45.1 Å². The Bertz CT molecular complexity index is 366. The van der Waals surface area contributed by atoms with Crippen LogP contribution in [0.3, 0.4) is 0 Å². The molecule has 0 aliphatic carbocycles. The quantitative estimate of drug-likeness (QED) is 0.668. The molecular formula is C16H27BrN2. The standard InChI is InChI=1S/C16H27BrN2/c1-4-6-7-11-19(3)15-9-8-14(16(17)12-15)13-18-10-5-2/h8-9,12,18H,4-7,10-11,13H2,1-3H3. The topological polar surface area (TPSA) is 15.3 Å². The molecule has 0 aliphatic heterocycles. The first-order valence-corrected chi connectivity index (χ1v) is 8.18. The van der Waals surface area contributed by atoms with Crippen LogP contribution in [0.4, 0.5) is 5.69 Å². The molecule has 0 aliphatic rings. The summed E-state index contributed by atoms with van der Waals surface area (Å²) in [6.07, 6.45) is 5.03. The molecule has 0 radical (unpaired) electrons. The lowest BCUT2D eigenvalue weighted by molar-refractivity contribution is 0.673. The summed E-state index contributed by atoms with van der Waals surface area (Å²) in [6, 6.07) is 6.67. The van der Waals surface area contributed by atoms with Gasteiger partial charge in [-0.05, 0) is 37.1 Å². The van der Waals surface area contributed by atoms with E-state index in [4.69, 9.17) is 0 Å². The zero-order valence-electron chi connectivity index (χ0n) is 12.5. The highest BCUT2D eigenvalue weighted by molar-refractivity contribution is 9.10. The number of hydrogen-bond acceptors (Lipinski definition) is 2. The molecular weight excluding hydrogens is 300 g/mol. The average molecular weight is 327 g/mol. The van der Waals surface area contributed by atoms with E-state index in [1.165, 1.54) is 41.4 Å². The van der Waals surface area contributed by atoms with Crippen molar-refractivity contribution >= 4 is 21.6 Å². The molecule has 0 fully saturated rings. The Morgan fingerprint density at radius 1 is 1.16 bits per heavy atom. The highest BCUT2D eigenvalue weighted by Crippen LogP contribution is 2.24. The summed E-state index contributed by atoms with van der Waals surface area (Å²) in [4.78, 5) is 2.34. The van der Waals surface area contributed by atoms with Crippen LogP contribution in [-0.4, -0.2) is 20.1 Å². The van der Waals surface area contributed by atoms with Crippen molar-refractivity contribution in [3.05, 3.63) is 28.2 Å². The Morgan fingerprint density at radius 2 is 1.95 bits per heavy atom. The number of benzene rings is 1. The van der Waals surface area contributed by atoms with Gasteiger partial charge in [0.1, 0.15) is 0 Å². The van der Waals surface area contributed by atoms with E-state index in [-0.39, 0.29) is 0 Å². The summed E-state index contributed by atoms with van der Waals surface area (Å²) < 4.78 is 1.20. The molecule has 1 aromatic rings. The van der Waals surface area contributed by atoms with E-state index in [0.29, 0.717) is 0 Å². The van der Waals surface area contributed by atoms with Crippen LogP contribution in [0.25, 0.3) is 0 Å².